The van der Waals surface area contributed by atoms with Gasteiger partial charge in [-0.2, -0.15) is 0 Å². The van der Waals surface area contributed by atoms with E-state index in [-0.39, 0.29) is 5.78 Å². The molecule has 1 N–H and O–H groups in total. The zero-order chi connectivity index (χ0) is 24.7. The molecular formula is C30H25NO4. The Hall–Kier alpha value is -4.25. The maximum atomic E-state index is 13.0. The number of carbonyl (C=O) groups excluding carboxylic acids is 3. The zero-order valence-electron chi connectivity index (χ0n) is 19.8. The van der Waals surface area contributed by atoms with Gasteiger partial charge in [-0.25, -0.2) is 0 Å². The number of hydrogen-bond donors (Lipinski definition) is 1. The van der Waals surface area contributed by atoms with Gasteiger partial charge in [-0.1, -0.05) is 60.2 Å². The molecule has 0 aromatic heterocycles. The minimum atomic E-state index is -0.761. The van der Waals surface area contributed by atoms with Gasteiger partial charge in [0.25, 0.3) is 0 Å². The second-order valence-electron chi connectivity index (χ2n) is 9.42. The van der Waals surface area contributed by atoms with Gasteiger partial charge >= 0.3 is 0 Å². The molecule has 5 rings (SSSR count). The van der Waals surface area contributed by atoms with Crippen molar-refractivity contribution in [3.63, 3.8) is 0 Å². The van der Waals surface area contributed by atoms with E-state index in [2.05, 4.69) is 5.32 Å². The average Bonchev–Trinajstić information content (AvgIpc) is 3.13. The molecule has 174 valence electrons. The highest BCUT2D eigenvalue weighted by Crippen LogP contribution is 2.44. The van der Waals surface area contributed by atoms with Crippen LogP contribution in [0.25, 0.3) is 11.8 Å². The fourth-order valence-corrected chi connectivity index (χ4v) is 4.50. The molecule has 2 aliphatic rings. The molecule has 0 bridgehead atoms. The van der Waals surface area contributed by atoms with Crippen LogP contribution in [0.4, 0.5) is 5.69 Å². The smallest absolute Gasteiger partial charge is 0.235 e. The molecule has 1 atom stereocenters. The summed E-state index contributed by atoms with van der Waals surface area (Å²) < 4.78 is 6.21. The maximum Gasteiger partial charge on any atom is 0.235 e. The van der Waals surface area contributed by atoms with E-state index < -0.39 is 23.2 Å². The average molecular weight is 464 g/mol. The first-order valence-electron chi connectivity index (χ1n) is 11.5. The van der Waals surface area contributed by atoms with Gasteiger partial charge in [0, 0.05) is 22.4 Å². The highest BCUT2D eigenvalue weighted by molar-refractivity contribution is 6.52. The van der Waals surface area contributed by atoms with Crippen LogP contribution < -0.4 is 5.32 Å². The fraction of sp³-hybridized carbons (Fsp3) is 0.167. The van der Waals surface area contributed by atoms with Crippen LogP contribution in [0.5, 0.6) is 0 Å². The van der Waals surface area contributed by atoms with E-state index in [1.54, 1.807) is 54.6 Å². The molecule has 0 saturated heterocycles. The topological polar surface area (TPSA) is 72.5 Å². The van der Waals surface area contributed by atoms with E-state index >= 15 is 0 Å². The van der Waals surface area contributed by atoms with Crippen LogP contribution in [0.2, 0.25) is 0 Å². The van der Waals surface area contributed by atoms with Crippen molar-refractivity contribution in [2.75, 3.05) is 5.32 Å². The molecule has 1 aliphatic heterocycles. The Balaban J connectivity index is 1.38. The zero-order valence-corrected chi connectivity index (χ0v) is 19.8. The molecule has 3 aromatic carbocycles. The van der Waals surface area contributed by atoms with E-state index in [0.29, 0.717) is 28.0 Å². The number of rotatable bonds is 5. The number of hydrogen-bond acceptors (Lipinski definition) is 5. The third-order valence-corrected chi connectivity index (χ3v) is 6.45. The maximum absolute atomic E-state index is 13.0. The molecule has 1 heterocycles. The van der Waals surface area contributed by atoms with Crippen LogP contribution in [0, 0.1) is 6.92 Å². The second-order valence-corrected chi connectivity index (χ2v) is 9.42. The predicted molar refractivity (Wildman–Crippen MR) is 136 cm³/mol. The first-order chi connectivity index (χ1) is 16.7. The Bertz CT molecular complexity index is 1410. The molecular weight excluding hydrogens is 438 g/mol. The van der Waals surface area contributed by atoms with E-state index in [1.165, 1.54) is 5.56 Å². The lowest BCUT2D eigenvalue weighted by atomic mass is 9.83. The number of benzene rings is 3. The molecule has 3 aromatic rings. The number of allylic oxidation sites excluding steroid dienone is 1. The summed E-state index contributed by atoms with van der Waals surface area (Å²) in [5.41, 5.74) is 4.00. The van der Waals surface area contributed by atoms with Gasteiger partial charge in [0.05, 0.1) is 11.6 Å². The van der Waals surface area contributed by atoms with Crippen molar-refractivity contribution in [1.29, 1.82) is 0 Å². The first kappa shape index (κ1) is 22.5. The molecule has 35 heavy (non-hydrogen) atoms. The number of anilines is 1. The highest BCUT2D eigenvalue weighted by Gasteiger charge is 2.50. The minimum Gasteiger partial charge on any atom is -0.484 e. The summed E-state index contributed by atoms with van der Waals surface area (Å²) in [6.45, 7) is 5.79. The van der Waals surface area contributed by atoms with Gasteiger partial charge in [0.15, 0.2) is 5.78 Å². The predicted octanol–water partition coefficient (Wildman–Crippen LogP) is 5.66. The molecule has 0 saturated carbocycles. The molecule has 0 amide bonds. The summed E-state index contributed by atoms with van der Waals surface area (Å²) in [7, 11) is 0. The van der Waals surface area contributed by atoms with Gasteiger partial charge in [-0.3, -0.25) is 14.4 Å². The van der Waals surface area contributed by atoms with Crippen molar-refractivity contribution in [3.05, 3.63) is 112 Å². The fourth-order valence-electron chi connectivity index (χ4n) is 4.50. The number of Topliss-reactive ketones (excluding diaryl/α,β-unsaturated/α-hetero) is 2. The van der Waals surface area contributed by atoms with E-state index in [0.717, 1.165) is 11.3 Å². The Morgan fingerprint density at radius 1 is 0.886 bits per heavy atom. The summed E-state index contributed by atoms with van der Waals surface area (Å²) in [5, 5.41) is 3.36. The van der Waals surface area contributed by atoms with Crippen LogP contribution in [0.3, 0.4) is 0 Å². The normalized spacial score (nSPS) is 18.3. The van der Waals surface area contributed by atoms with Crippen LogP contribution in [-0.4, -0.2) is 29.0 Å². The van der Waals surface area contributed by atoms with Gasteiger partial charge < -0.3 is 10.1 Å². The van der Waals surface area contributed by atoms with E-state index in [4.69, 9.17) is 4.74 Å². The molecule has 0 fully saturated rings. The third kappa shape index (κ3) is 4.10. The summed E-state index contributed by atoms with van der Waals surface area (Å²) >= 11 is 0. The number of fused-ring (bicyclic) bond motifs is 2. The van der Waals surface area contributed by atoms with E-state index in [9.17, 15) is 14.4 Å². The monoisotopic (exact) mass is 463 g/mol. The van der Waals surface area contributed by atoms with Crippen LogP contribution in [0.15, 0.2) is 84.4 Å². The van der Waals surface area contributed by atoms with Gasteiger partial charge in [-0.05, 0) is 56.7 Å². The number of ketones is 3. The number of ether oxygens (including phenoxy) is 1. The first-order valence-corrected chi connectivity index (χ1v) is 11.5. The second kappa shape index (κ2) is 8.51. The Labute approximate surface area is 204 Å². The summed E-state index contributed by atoms with van der Waals surface area (Å²) in [6, 6.07) is 21.5. The third-order valence-electron chi connectivity index (χ3n) is 6.45. The van der Waals surface area contributed by atoms with Crippen molar-refractivity contribution in [1.82, 2.24) is 0 Å². The lowest BCUT2D eigenvalue weighted by Gasteiger charge is -2.29. The molecule has 5 heteroatoms. The van der Waals surface area contributed by atoms with Crippen molar-refractivity contribution >= 4 is 34.9 Å². The quantitative estimate of drug-likeness (QED) is 0.300. The molecule has 1 unspecified atom stereocenters. The van der Waals surface area contributed by atoms with Crippen LogP contribution in [-0.2, 0) is 9.53 Å². The summed E-state index contributed by atoms with van der Waals surface area (Å²) in [6.07, 6.45) is 3.35. The minimum absolute atomic E-state index is 0.101. The van der Waals surface area contributed by atoms with E-state index in [1.807, 2.05) is 51.1 Å². The lowest BCUT2D eigenvalue weighted by molar-refractivity contribution is -0.112. The van der Waals surface area contributed by atoms with Gasteiger partial charge in [0.1, 0.15) is 11.4 Å². The molecule has 5 nitrogen and oxygen atoms in total. The van der Waals surface area contributed by atoms with Crippen LogP contribution in [0.1, 0.15) is 51.3 Å². The lowest BCUT2D eigenvalue weighted by Crippen LogP contribution is -2.43. The van der Waals surface area contributed by atoms with Crippen molar-refractivity contribution in [2.24, 2.45) is 0 Å². The largest absolute Gasteiger partial charge is 0.484 e. The summed E-state index contributed by atoms with van der Waals surface area (Å²) in [5.74, 6) is -0.708. The Kier molecular flexibility index (Phi) is 5.48. The SMILES string of the molecule is Cc1ccc(/C=C/C(=O)c2ccc(NC3C4=C(OC3(C)C)c3ccccc3C(=O)C4=O)cc2)cc1. The number of aryl methyl sites for hydroxylation is 1. The molecule has 1 aliphatic carbocycles. The van der Waals surface area contributed by atoms with Crippen molar-refractivity contribution in [2.45, 2.75) is 32.4 Å². The van der Waals surface area contributed by atoms with Gasteiger partial charge in [0.2, 0.25) is 11.6 Å². The number of nitrogens with one attached hydrogen (secondary N) is 1. The van der Waals surface area contributed by atoms with Crippen LogP contribution >= 0.6 is 0 Å². The molecule has 0 spiro atoms. The number of carbonyl (C=O) groups is 3. The standard InChI is InChI=1S/C30H25NO4/c1-18-8-10-19(11-9-18)12-17-24(32)20-13-15-21(16-14-20)31-29-25-27(34)26(33)22-6-4-5-7-23(22)28(25)35-30(29,2)3/h4-17,29,31H,1-3H3/b17-12+. The van der Waals surface area contributed by atoms with Crippen molar-refractivity contribution in [3.8, 4) is 0 Å². The Morgan fingerprint density at radius 3 is 2.23 bits per heavy atom. The van der Waals surface area contributed by atoms with Crippen molar-refractivity contribution < 1.29 is 19.1 Å². The Morgan fingerprint density at radius 2 is 1.54 bits per heavy atom. The highest BCUT2D eigenvalue weighted by atomic mass is 16.5. The summed E-state index contributed by atoms with van der Waals surface area (Å²) in [4.78, 5) is 38.4. The molecule has 0 radical (unpaired) electrons. The van der Waals surface area contributed by atoms with Gasteiger partial charge in [-0.15, -0.1) is 0 Å².